The smallest absolute Gasteiger partial charge is 0.423 e. The Balaban J connectivity index is 2.96. The number of rotatable bonds is 4. The highest BCUT2D eigenvalue weighted by molar-refractivity contribution is 6.60. The van der Waals surface area contributed by atoms with Crippen LogP contribution in [0.5, 0.6) is 0 Å². The lowest BCUT2D eigenvalue weighted by atomic mass is 9.76. The molecule has 0 aliphatic heterocycles. The molecule has 0 aromatic heterocycles. The third-order valence-corrected chi connectivity index (χ3v) is 3.20. The van der Waals surface area contributed by atoms with Gasteiger partial charge in [0.05, 0.1) is 16.9 Å². The number of benzene rings is 1. The van der Waals surface area contributed by atoms with Gasteiger partial charge in [-0.05, 0) is 33.8 Å². The summed E-state index contributed by atoms with van der Waals surface area (Å²) in [5.41, 5.74) is 3.07. The first-order valence-corrected chi connectivity index (χ1v) is 5.68. The van der Waals surface area contributed by atoms with Crippen molar-refractivity contribution in [2.75, 3.05) is 5.73 Å². The minimum atomic E-state index is -1.49. The van der Waals surface area contributed by atoms with Gasteiger partial charge in [-0.15, -0.1) is 0 Å². The van der Waals surface area contributed by atoms with E-state index in [0.717, 1.165) is 0 Å². The number of nitrogens with two attached hydrogens (primary N) is 1. The standard InChI is InChI=1S/C12H19BFNO3/c1-11(2,16)12(3,4)18-13(17)8-6-5-7-9(15)10(8)14/h5-7,16-17H,15H2,1-4H3. The number of anilines is 1. The van der Waals surface area contributed by atoms with Crippen LogP contribution in [0, 0.1) is 5.82 Å². The average Bonchev–Trinajstić information content (AvgIpc) is 2.19. The summed E-state index contributed by atoms with van der Waals surface area (Å²) >= 11 is 0. The normalized spacial score (nSPS) is 12.6. The third-order valence-electron chi connectivity index (χ3n) is 3.20. The first kappa shape index (κ1) is 15.0. The van der Waals surface area contributed by atoms with Crippen molar-refractivity contribution in [3.05, 3.63) is 24.0 Å². The summed E-state index contributed by atoms with van der Waals surface area (Å²) in [6.07, 6.45) is 0. The Kier molecular flexibility index (Phi) is 4.05. The van der Waals surface area contributed by atoms with Crippen molar-refractivity contribution in [3.63, 3.8) is 0 Å². The SMILES string of the molecule is CC(C)(O)C(C)(C)OB(O)c1cccc(N)c1F. The second kappa shape index (κ2) is 4.88. The van der Waals surface area contributed by atoms with Gasteiger partial charge in [0.1, 0.15) is 5.82 Å². The molecule has 0 aliphatic carbocycles. The van der Waals surface area contributed by atoms with E-state index in [1.165, 1.54) is 18.2 Å². The summed E-state index contributed by atoms with van der Waals surface area (Å²) in [6, 6.07) is 4.31. The predicted molar refractivity (Wildman–Crippen MR) is 69.9 cm³/mol. The minimum absolute atomic E-state index is 0.0488. The van der Waals surface area contributed by atoms with Gasteiger partial charge in [-0.25, -0.2) is 4.39 Å². The van der Waals surface area contributed by atoms with Crippen LogP contribution in [0.25, 0.3) is 0 Å². The van der Waals surface area contributed by atoms with E-state index in [2.05, 4.69) is 0 Å². The van der Waals surface area contributed by atoms with Crippen molar-refractivity contribution in [2.24, 2.45) is 0 Å². The molecule has 0 fully saturated rings. The number of hydrogen-bond donors (Lipinski definition) is 3. The predicted octanol–water partition coefficient (Wildman–Crippen LogP) is 0.661. The van der Waals surface area contributed by atoms with Gasteiger partial charge in [0.2, 0.25) is 0 Å². The number of nitrogen functional groups attached to an aromatic ring is 1. The fraction of sp³-hybridized carbons (Fsp3) is 0.500. The molecular formula is C12H19BFNO3. The Morgan fingerprint density at radius 1 is 1.28 bits per heavy atom. The Labute approximate surface area is 107 Å². The van der Waals surface area contributed by atoms with Crippen LogP contribution in [0.1, 0.15) is 27.7 Å². The van der Waals surface area contributed by atoms with E-state index in [1.807, 2.05) is 0 Å². The molecule has 1 aromatic carbocycles. The van der Waals surface area contributed by atoms with E-state index in [4.69, 9.17) is 10.4 Å². The van der Waals surface area contributed by atoms with Crippen molar-refractivity contribution >= 4 is 18.3 Å². The van der Waals surface area contributed by atoms with Gasteiger partial charge in [0, 0.05) is 5.46 Å². The summed E-state index contributed by atoms with van der Waals surface area (Å²) in [4.78, 5) is 0. The molecule has 0 amide bonds. The first-order valence-electron chi connectivity index (χ1n) is 5.68. The zero-order valence-electron chi connectivity index (χ0n) is 11.1. The minimum Gasteiger partial charge on any atom is -0.423 e. The molecule has 1 aromatic rings. The fourth-order valence-electron chi connectivity index (χ4n) is 1.25. The van der Waals surface area contributed by atoms with Crippen molar-refractivity contribution in [2.45, 2.75) is 38.9 Å². The van der Waals surface area contributed by atoms with E-state index in [9.17, 15) is 14.5 Å². The van der Waals surface area contributed by atoms with E-state index >= 15 is 0 Å². The van der Waals surface area contributed by atoms with Crippen LogP contribution in [0.4, 0.5) is 10.1 Å². The Hall–Kier alpha value is -1.11. The molecule has 100 valence electrons. The molecule has 0 unspecified atom stereocenters. The molecule has 0 spiro atoms. The molecule has 0 bridgehead atoms. The summed E-state index contributed by atoms with van der Waals surface area (Å²) in [5.74, 6) is -0.712. The van der Waals surface area contributed by atoms with Crippen molar-refractivity contribution in [3.8, 4) is 0 Å². The lowest BCUT2D eigenvalue weighted by Gasteiger charge is -2.38. The van der Waals surface area contributed by atoms with Crippen LogP contribution in [0.15, 0.2) is 18.2 Å². The third kappa shape index (κ3) is 3.01. The van der Waals surface area contributed by atoms with E-state index in [-0.39, 0.29) is 11.2 Å². The van der Waals surface area contributed by atoms with Gasteiger partial charge < -0.3 is 20.5 Å². The zero-order valence-corrected chi connectivity index (χ0v) is 11.1. The van der Waals surface area contributed by atoms with Crippen LogP contribution in [0.2, 0.25) is 0 Å². The Morgan fingerprint density at radius 2 is 1.83 bits per heavy atom. The highest BCUT2D eigenvalue weighted by Crippen LogP contribution is 2.25. The van der Waals surface area contributed by atoms with Gasteiger partial charge in [-0.3, -0.25) is 0 Å². The molecule has 0 radical (unpaired) electrons. The summed E-state index contributed by atoms with van der Waals surface area (Å²) in [6.45, 7) is 6.33. The maximum atomic E-state index is 13.7. The quantitative estimate of drug-likeness (QED) is 0.545. The maximum Gasteiger partial charge on any atom is 0.494 e. The van der Waals surface area contributed by atoms with Gasteiger partial charge >= 0.3 is 7.12 Å². The fourth-order valence-corrected chi connectivity index (χ4v) is 1.25. The molecular weight excluding hydrogens is 236 g/mol. The van der Waals surface area contributed by atoms with E-state index in [1.54, 1.807) is 27.7 Å². The van der Waals surface area contributed by atoms with Crippen molar-refractivity contribution < 1.29 is 19.2 Å². The van der Waals surface area contributed by atoms with Crippen LogP contribution in [-0.4, -0.2) is 28.5 Å². The zero-order chi connectivity index (χ0) is 14.1. The number of aliphatic hydroxyl groups is 1. The summed E-state index contributed by atoms with van der Waals surface area (Å²) in [7, 11) is -1.49. The van der Waals surface area contributed by atoms with Gasteiger partial charge in [-0.1, -0.05) is 12.1 Å². The number of hydrogen-bond acceptors (Lipinski definition) is 4. The molecule has 0 saturated carbocycles. The van der Waals surface area contributed by atoms with Crippen LogP contribution in [0.3, 0.4) is 0 Å². The molecule has 0 saturated heterocycles. The van der Waals surface area contributed by atoms with Crippen molar-refractivity contribution in [1.82, 2.24) is 0 Å². The molecule has 0 atom stereocenters. The topological polar surface area (TPSA) is 75.7 Å². The molecule has 0 aliphatic rings. The first-order chi connectivity index (χ1) is 8.06. The lowest BCUT2D eigenvalue weighted by Crippen LogP contribution is -2.53. The second-order valence-electron chi connectivity index (χ2n) is 5.29. The van der Waals surface area contributed by atoms with E-state index < -0.39 is 24.1 Å². The second-order valence-corrected chi connectivity index (χ2v) is 5.29. The van der Waals surface area contributed by atoms with Crippen LogP contribution < -0.4 is 11.2 Å². The molecule has 6 heteroatoms. The lowest BCUT2D eigenvalue weighted by molar-refractivity contribution is -0.0983. The van der Waals surface area contributed by atoms with E-state index in [0.29, 0.717) is 0 Å². The van der Waals surface area contributed by atoms with Gasteiger partial charge in [-0.2, -0.15) is 0 Å². The molecule has 0 heterocycles. The van der Waals surface area contributed by atoms with Crippen molar-refractivity contribution in [1.29, 1.82) is 0 Å². The van der Waals surface area contributed by atoms with Crippen LogP contribution in [-0.2, 0) is 4.65 Å². The highest BCUT2D eigenvalue weighted by Gasteiger charge is 2.40. The molecule has 18 heavy (non-hydrogen) atoms. The van der Waals surface area contributed by atoms with Gasteiger partial charge in [0.15, 0.2) is 0 Å². The molecule has 1 rings (SSSR count). The molecule has 4 N–H and O–H groups in total. The number of halogens is 1. The summed E-state index contributed by atoms with van der Waals surface area (Å²) < 4.78 is 19.0. The maximum absolute atomic E-state index is 13.7. The average molecular weight is 255 g/mol. The Bertz CT molecular complexity index is 432. The summed E-state index contributed by atoms with van der Waals surface area (Å²) in [5, 5.41) is 19.8. The Morgan fingerprint density at radius 3 is 2.33 bits per heavy atom. The monoisotopic (exact) mass is 255 g/mol. The van der Waals surface area contributed by atoms with Gasteiger partial charge in [0.25, 0.3) is 0 Å². The molecule has 4 nitrogen and oxygen atoms in total. The largest absolute Gasteiger partial charge is 0.494 e. The highest BCUT2D eigenvalue weighted by atomic mass is 19.1. The van der Waals surface area contributed by atoms with Crippen LogP contribution >= 0.6 is 0 Å².